The Hall–Kier alpha value is 0.0800. The molecule has 92 valence electrons. The molecule has 1 saturated heterocycles. The SMILES string of the molecule is Cl.O=S(=O)(O)CC(O)CN1CCOCC1. The van der Waals surface area contributed by atoms with Gasteiger partial charge in [-0.05, 0) is 0 Å². The first-order valence-corrected chi connectivity index (χ1v) is 6.01. The second-order valence-electron chi connectivity index (χ2n) is 3.32. The maximum absolute atomic E-state index is 10.4. The number of hydrogen-bond acceptors (Lipinski definition) is 5. The van der Waals surface area contributed by atoms with E-state index in [1.54, 1.807) is 0 Å². The predicted octanol–water partition coefficient (Wildman–Crippen LogP) is -1.01. The molecule has 1 rings (SSSR count). The summed E-state index contributed by atoms with van der Waals surface area (Å²) in [4.78, 5) is 1.90. The van der Waals surface area contributed by atoms with Crippen LogP contribution >= 0.6 is 12.4 Å². The lowest BCUT2D eigenvalue weighted by atomic mass is 10.3. The molecule has 1 atom stereocenters. The molecular formula is C7H16ClNO5S. The number of ether oxygens (including phenoxy) is 1. The van der Waals surface area contributed by atoms with E-state index < -0.39 is 22.0 Å². The molecule has 1 heterocycles. The summed E-state index contributed by atoms with van der Waals surface area (Å²) in [6, 6.07) is 0. The van der Waals surface area contributed by atoms with Crippen LogP contribution in [0.3, 0.4) is 0 Å². The molecule has 0 amide bonds. The third-order valence-electron chi connectivity index (χ3n) is 1.98. The maximum atomic E-state index is 10.4. The molecule has 0 aromatic carbocycles. The molecule has 15 heavy (non-hydrogen) atoms. The molecule has 2 N–H and O–H groups in total. The Morgan fingerprint density at radius 2 is 1.87 bits per heavy atom. The molecule has 0 saturated carbocycles. The van der Waals surface area contributed by atoms with E-state index in [0.717, 1.165) is 0 Å². The molecule has 0 bridgehead atoms. The van der Waals surface area contributed by atoms with Crippen LogP contribution < -0.4 is 0 Å². The number of hydrogen-bond donors (Lipinski definition) is 2. The van der Waals surface area contributed by atoms with E-state index >= 15 is 0 Å². The number of β-amino-alcohol motifs (C(OH)–C–C–N with tert-alkyl or cyclic N) is 1. The van der Waals surface area contributed by atoms with Crippen molar-refractivity contribution in [2.24, 2.45) is 0 Å². The Morgan fingerprint density at radius 3 is 2.33 bits per heavy atom. The normalized spacial score (nSPS) is 20.7. The quantitative estimate of drug-likeness (QED) is 0.631. The number of aliphatic hydroxyl groups is 1. The topological polar surface area (TPSA) is 87.1 Å². The molecule has 0 aliphatic carbocycles. The first-order chi connectivity index (χ1) is 6.47. The third-order valence-corrected chi connectivity index (χ3v) is 2.78. The fraction of sp³-hybridized carbons (Fsp3) is 1.00. The fourth-order valence-corrected chi connectivity index (χ4v) is 1.97. The van der Waals surface area contributed by atoms with Gasteiger partial charge in [0.1, 0.15) is 5.75 Å². The second-order valence-corrected chi connectivity index (χ2v) is 4.81. The minimum Gasteiger partial charge on any atom is -0.391 e. The van der Waals surface area contributed by atoms with Crippen LogP contribution in [-0.2, 0) is 14.9 Å². The average Bonchev–Trinajstić information content (AvgIpc) is 2.02. The largest absolute Gasteiger partial charge is 0.391 e. The van der Waals surface area contributed by atoms with Crippen LogP contribution in [0.25, 0.3) is 0 Å². The van der Waals surface area contributed by atoms with Gasteiger partial charge in [0, 0.05) is 19.6 Å². The van der Waals surface area contributed by atoms with Gasteiger partial charge in [0.05, 0.1) is 19.3 Å². The second kappa shape index (κ2) is 6.62. The molecule has 1 aliphatic rings. The van der Waals surface area contributed by atoms with E-state index in [1.165, 1.54) is 0 Å². The van der Waals surface area contributed by atoms with Gasteiger partial charge in [0.2, 0.25) is 0 Å². The molecule has 0 aromatic rings. The van der Waals surface area contributed by atoms with Crippen LogP contribution in [-0.4, -0.2) is 67.7 Å². The predicted molar refractivity (Wildman–Crippen MR) is 56.9 cm³/mol. The van der Waals surface area contributed by atoms with Gasteiger partial charge in [-0.1, -0.05) is 0 Å². The summed E-state index contributed by atoms with van der Waals surface area (Å²) in [6.07, 6.45) is -1.04. The van der Waals surface area contributed by atoms with E-state index in [0.29, 0.717) is 26.3 Å². The van der Waals surface area contributed by atoms with Crippen molar-refractivity contribution in [3.63, 3.8) is 0 Å². The Bertz CT molecular complexity index is 265. The lowest BCUT2D eigenvalue weighted by molar-refractivity contribution is 0.0184. The molecule has 0 spiro atoms. The van der Waals surface area contributed by atoms with Crippen LogP contribution in [0.4, 0.5) is 0 Å². The molecule has 1 fully saturated rings. The molecule has 0 aromatic heterocycles. The zero-order chi connectivity index (χ0) is 10.6. The van der Waals surface area contributed by atoms with Crippen molar-refractivity contribution in [3.05, 3.63) is 0 Å². The third kappa shape index (κ3) is 7.04. The smallest absolute Gasteiger partial charge is 0.267 e. The van der Waals surface area contributed by atoms with E-state index in [9.17, 15) is 13.5 Å². The van der Waals surface area contributed by atoms with E-state index in [4.69, 9.17) is 9.29 Å². The van der Waals surface area contributed by atoms with Crippen LogP contribution in [0.5, 0.6) is 0 Å². The first kappa shape index (κ1) is 15.1. The monoisotopic (exact) mass is 261 g/mol. The minimum absolute atomic E-state index is 0. The van der Waals surface area contributed by atoms with Crippen molar-refractivity contribution in [3.8, 4) is 0 Å². The Kier molecular flexibility index (Phi) is 6.65. The van der Waals surface area contributed by atoms with Gasteiger partial charge in [-0.15, -0.1) is 12.4 Å². The Balaban J connectivity index is 0.00000196. The van der Waals surface area contributed by atoms with E-state index in [1.807, 2.05) is 4.90 Å². The highest BCUT2D eigenvalue weighted by Gasteiger charge is 2.19. The molecule has 8 heteroatoms. The lowest BCUT2D eigenvalue weighted by Crippen LogP contribution is -2.42. The van der Waals surface area contributed by atoms with Gasteiger partial charge in [-0.3, -0.25) is 9.45 Å². The number of halogens is 1. The van der Waals surface area contributed by atoms with Gasteiger partial charge in [-0.2, -0.15) is 8.42 Å². The van der Waals surface area contributed by atoms with Crippen LogP contribution in [0.1, 0.15) is 0 Å². The molecular weight excluding hydrogens is 246 g/mol. The standard InChI is InChI=1S/C7H15NO5S.ClH/c9-7(6-14(10,11)12)5-8-1-3-13-4-2-8;/h7,9H,1-6H2,(H,10,11,12);1H. The van der Waals surface area contributed by atoms with Crippen molar-refractivity contribution in [1.82, 2.24) is 4.90 Å². The zero-order valence-electron chi connectivity index (χ0n) is 8.20. The van der Waals surface area contributed by atoms with Gasteiger partial charge >= 0.3 is 0 Å². The van der Waals surface area contributed by atoms with Gasteiger partial charge in [-0.25, -0.2) is 0 Å². The first-order valence-electron chi connectivity index (χ1n) is 4.41. The summed E-state index contributed by atoms with van der Waals surface area (Å²) in [5.41, 5.74) is 0. The summed E-state index contributed by atoms with van der Waals surface area (Å²) in [7, 11) is -4.08. The van der Waals surface area contributed by atoms with Crippen molar-refractivity contribution in [2.75, 3.05) is 38.6 Å². The average molecular weight is 262 g/mol. The summed E-state index contributed by atoms with van der Waals surface area (Å²) in [5.74, 6) is -0.607. The Labute approximate surface area is 95.4 Å². The summed E-state index contributed by atoms with van der Waals surface area (Å²) >= 11 is 0. The van der Waals surface area contributed by atoms with Crippen molar-refractivity contribution >= 4 is 22.5 Å². The molecule has 1 unspecified atom stereocenters. The summed E-state index contributed by atoms with van der Waals surface area (Å²) < 4.78 is 34.4. The maximum Gasteiger partial charge on any atom is 0.267 e. The van der Waals surface area contributed by atoms with Crippen molar-refractivity contribution in [2.45, 2.75) is 6.10 Å². The van der Waals surface area contributed by atoms with E-state index in [2.05, 4.69) is 0 Å². The van der Waals surface area contributed by atoms with Crippen LogP contribution in [0.2, 0.25) is 0 Å². The van der Waals surface area contributed by atoms with Crippen molar-refractivity contribution in [1.29, 1.82) is 0 Å². The fourth-order valence-electron chi connectivity index (χ4n) is 1.38. The lowest BCUT2D eigenvalue weighted by Gasteiger charge is -2.28. The molecule has 6 nitrogen and oxygen atoms in total. The highest BCUT2D eigenvalue weighted by atomic mass is 35.5. The highest BCUT2D eigenvalue weighted by Crippen LogP contribution is 2.00. The Morgan fingerprint density at radius 1 is 1.33 bits per heavy atom. The number of rotatable bonds is 4. The van der Waals surface area contributed by atoms with Crippen molar-refractivity contribution < 1.29 is 22.8 Å². The number of aliphatic hydroxyl groups excluding tert-OH is 1. The summed E-state index contributed by atoms with van der Waals surface area (Å²) in [6.45, 7) is 2.81. The van der Waals surface area contributed by atoms with Crippen LogP contribution in [0.15, 0.2) is 0 Å². The highest BCUT2D eigenvalue weighted by molar-refractivity contribution is 7.85. The van der Waals surface area contributed by atoms with E-state index in [-0.39, 0.29) is 19.0 Å². The number of morpholine rings is 1. The molecule has 1 aliphatic heterocycles. The number of nitrogens with zero attached hydrogens (tertiary/aromatic N) is 1. The minimum atomic E-state index is -4.08. The van der Waals surface area contributed by atoms with Crippen LogP contribution in [0, 0.1) is 0 Å². The summed E-state index contributed by atoms with van der Waals surface area (Å²) in [5, 5.41) is 9.32. The van der Waals surface area contributed by atoms with Gasteiger partial charge in [0.25, 0.3) is 10.1 Å². The zero-order valence-corrected chi connectivity index (χ0v) is 9.84. The van der Waals surface area contributed by atoms with Gasteiger partial charge < -0.3 is 9.84 Å². The molecule has 0 radical (unpaired) electrons. The van der Waals surface area contributed by atoms with Gasteiger partial charge in [0.15, 0.2) is 0 Å².